The molecule has 6 heteroatoms. The Hall–Kier alpha value is -2.60. The number of nitrogens with two attached hydrogens (primary N) is 1. The highest BCUT2D eigenvalue weighted by Crippen LogP contribution is 2.30. The predicted molar refractivity (Wildman–Crippen MR) is 93.0 cm³/mol. The minimum Gasteiger partial charge on any atom is -0.321 e. The summed E-state index contributed by atoms with van der Waals surface area (Å²) in [6, 6.07) is 9.92. The normalized spacial score (nSPS) is 13.0. The van der Waals surface area contributed by atoms with E-state index in [9.17, 15) is 0 Å². The smallest absolute Gasteiger partial charge is 0.201 e. The molecule has 1 atom stereocenters. The van der Waals surface area contributed by atoms with E-state index in [1.807, 2.05) is 22.9 Å². The molecule has 124 valence electrons. The highest BCUT2D eigenvalue weighted by molar-refractivity contribution is 5.46. The molecule has 2 N–H and O–H groups in total. The van der Waals surface area contributed by atoms with Crippen molar-refractivity contribution in [3.8, 4) is 11.5 Å². The zero-order chi connectivity index (χ0) is 17.2. The average molecular weight is 322 g/mol. The predicted octanol–water partition coefficient (Wildman–Crippen LogP) is 2.83. The lowest BCUT2D eigenvalue weighted by Crippen LogP contribution is -2.29. The quantitative estimate of drug-likeness (QED) is 0.798. The van der Waals surface area contributed by atoms with Crippen LogP contribution in [0.15, 0.2) is 48.9 Å². The minimum absolute atomic E-state index is 0.124. The molecule has 6 nitrogen and oxygen atoms in total. The zero-order valence-electron chi connectivity index (χ0n) is 14.2. The Morgan fingerprint density at radius 2 is 1.88 bits per heavy atom. The van der Waals surface area contributed by atoms with Crippen molar-refractivity contribution in [2.75, 3.05) is 0 Å². The number of benzene rings is 1. The van der Waals surface area contributed by atoms with Gasteiger partial charge in [-0.2, -0.15) is 0 Å². The molecule has 2 aromatic heterocycles. The van der Waals surface area contributed by atoms with Crippen LogP contribution in [-0.2, 0) is 6.54 Å². The summed E-state index contributed by atoms with van der Waals surface area (Å²) in [7, 11) is 0. The largest absolute Gasteiger partial charge is 0.321 e. The van der Waals surface area contributed by atoms with Crippen LogP contribution < -0.4 is 5.73 Å². The Morgan fingerprint density at radius 3 is 2.50 bits per heavy atom. The van der Waals surface area contributed by atoms with Crippen LogP contribution in [0.3, 0.4) is 0 Å². The van der Waals surface area contributed by atoms with Gasteiger partial charge in [0.25, 0.3) is 0 Å². The van der Waals surface area contributed by atoms with Crippen LogP contribution in [0, 0.1) is 5.41 Å². The summed E-state index contributed by atoms with van der Waals surface area (Å²) < 4.78 is 1.87. The number of nitrogens with zero attached hydrogens (tertiary/aromatic N) is 5. The second kappa shape index (κ2) is 6.49. The van der Waals surface area contributed by atoms with Crippen molar-refractivity contribution in [3.63, 3.8) is 0 Å². The van der Waals surface area contributed by atoms with E-state index >= 15 is 0 Å². The van der Waals surface area contributed by atoms with E-state index in [1.54, 1.807) is 18.6 Å². The van der Waals surface area contributed by atoms with Crippen LogP contribution in [0.2, 0.25) is 0 Å². The molecule has 0 aliphatic rings. The molecule has 0 fully saturated rings. The Kier molecular flexibility index (Phi) is 4.40. The fourth-order valence-corrected chi connectivity index (χ4v) is 2.37. The lowest BCUT2D eigenvalue weighted by molar-refractivity contribution is 0.306. The third-order valence-electron chi connectivity index (χ3n) is 3.88. The molecule has 0 bridgehead atoms. The van der Waals surface area contributed by atoms with Gasteiger partial charge in [-0.1, -0.05) is 51.1 Å². The fraction of sp³-hybridized carbons (Fsp3) is 0.333. The molecule has 0 aliphatic heterocycles. The van der Waals surface area contributed by atoms with Gasteiger partial charge >= 0.3 is 0 Å². The molecule has 0 saturated heterocycles. The van der Waals surface area contributed by atoms with E-state index in [1.165, 1.54) is 0 Å². The maximum atomic E-state index is 6.46. The summed E-state index contributed by atoms with van der Waals surface area (Å²) in [5, 5.41) is 4.63. The molecular formula is C18H22N6. The number of hydrogen-bond acceptors (Lipinski definition) is 5. The van der Waals surface area contributed by atoms with Crippen LogP contribution in [0.4, 0.5) is 0 Å². The van der Waals surface area contributed by atoms with E-state index in [-0.39, 0.29) is 11.5 Å². The third kappa shape index (κ3) is 3.49. The van der Waals surface area contributed by atoms with Crippen LogP contribution in [-0.4, -0.2) is 24.7 Å². The van der Waals surface area contributed by atoms with E-state index in [4.69, 9.17) is 5.73 Å². The number of rotatable bonds is 4. The summed E-state index contributed by atoms with van der Waals surface area (Å²) in [4.78, 5) is 13.1. The standard InChI is InChI=1S/C18H22N6/c1-18(2,3)15(19)17-22-16(14-11-20-9-10-21-14)23-24(17)12-13-7-5-4-6-8-13/h4-11,15H,12,19H2,1-3H3/t15-/m0/s1. The van der Waals surface area contributed by atoms with E-state index in [2.05, 4.69) is 53.0 Å². The lowest BCUT2D eigenvalue weighted by Gasteiger charge is -2.26. The van der Waals surface area contributed by atoms with Crippen molar-refractivity contribution in [3.05, 3.63) is 60.3 Å². The Balaban J connectivity index is 2.03. The van der Waals surface area contributed by atoms with Gasteiger partial charge in [-0.25, -0.2) is 14.6 Å². The summed E-state index contributed by atoms with van der Waals surface area (Å²) in [6.45, 7) is 6.91. The molecule has 0 saturated carbocycles. The van der Waals surface area contributed by atoms with Crippen molar-refractivity contribution >= 4 is 0 Å². The molecule has 3 aromatic rings. The minimum atomic E-state index is -0.237. The van der Waals surface area contributed by atoms with Crippen molar-refractivity contribution in [2.24, 2.45) is 11.1 Å². The maximum Gasteiger partial charge on any atom is 0.201 e. The molecule has 0 amide bonds. The molecule has 1 aromatic carbocycles. The van der Waals surface area contributed by atoms with Crippen LogP contribution in [0.5, 0.6) is 0 Å². The van der Waals surface area contributed by atoms with Crippen molar-refractivity contribution in [2.45, 2.75) is 33.4 Å². The van der Waals surface area contributed by atoms with E-state index in [0.29, 0.717) is 18.1 Å². The third-order valence-corrected chi connectivity index (χ3v) is 3.88. The van der Waals surface area contributed by atoms with Gasteiger partial charge in [0.1, 0.15) is 11.5 Å². The van der Waals surface area contributed by atoms with Gasteiger partial charge in [-0.05, 0) is 11.0 Å². The molecule has 3 rings (SSSR count). The average Bonchev–Trinajstić information content (AvgIpc) is 2.98. The summed E-state index contributed by atoms with van der Waals surface area (Å²) in [5.41, 5.74) is 8.13. The first-order valence-electron chi connectivity index (χ1n) is 7.96. The molecular weight excluding hydrogens is 300 g/mol. The molecule has 0 unspecified atom stereocenters. The summed E-state index contributed by atoms with van der Waals surface area (Å²) in [6.07, 6.45) is 4.93. The van der Waals surface area contributed by atoms with E-state index < -0.39 is 0 Å². The first-order valence-corrected chi connectivity index (χ1v) is 7.96. The Labute approximate surface area is 141 Å². The second-order valence-electron chi connectivity index (χ2n) is 6.87. The first kappa shape index (κ1) is 16.3. The molecule has 24 heavy (non-hydrogen) atoms. The second-order valence-corrected chi connectivity index (χ2v) is 6.87. The highest BCUT2D eigenvalue weighted by atomic mass is 15.4. The van der Waals surface area contributed by atoms with Crippen LogP contribution in [0.25, 0.3) is 11.5 Å². The first-order chi connectivity index (χ1) is 11.4. The van der Waals surface area contributed by atoms with Crippen molar-refractivity contribution in [1.29, 1.82) is 0 Å². The van der Waals surface area contributed by atoms with Crippen LogP contribution in [0.1, 0.15) is 38.2 Å². The fourth-order valence-electron chi connectivity index (χ4n) is 2.37. The summed E-state index contributed by atoms with van der Waals surface area (Å²) >= 11 is 0. The molecule has 0 aliphatic carbocycles. The zero-order valence-corrected chi connectivity index (χ0v) is 14.2. The van der Waals surface area contributed by atoms with Crippen molar-refractivity contribution < 1.29 is 0 Å². The van der Waals surface area contributed by atoms with Gasteiger partial charge in [-0.3, -0.25) is 4.98 Å². The van der Waals surface area contributed by atoms with Gasteiger partial charge in [0, 0.05) is 12.4 Å². The van der Waals surface area contributed by atoms with Gasteiger partial charge in [0.15, 0.2) is 0 Å². The number of hydrogen-bond donors (Lipinski definition) is 1. The van der Waals surface area contributed by atoms with Crippen LogP contribution >= 0.6 is 0 Å². The summed E-state index contributed by atoms with van der Waals surface area (Å²) in [5.74, 6) is 1.31. The molecule has 2 heterocycles. The Morgan fingerprint density at radius 1 is 1.12 bits per heavy atom. The monoisotopic (exact) mass is 322 g/mol. The van der Waals surface area contributed by atoms with Gasteiger partial charge in [0.05, 0.1) is 18.8 Å². The number of aromatic nitrogens is 5. The van der Waals surface area contributed by atoms with E-state index in [0.717, 1.165) is 11.4 Å². The van der Waals surface area contributed by atoms with Gasteiger partial charge in [0.2, 0.25) is 5.82 Å². The van der Waals surface area contributed by atoms with Crippen molar-refractivity contribution in [1.82, 2.24) is 24.7 Å². The molecule has 0 spiro atoms. The van der Waals surface area contributed by atoms with Gasteiger partial charge in [-0.15, -0.1) is 5.10 Å². The highest BCUT2D eigenvalue weighted by Gasteiger charge is 2.28. The van der Waals surface area contributed by atoms with Gasteiger partial charge < -0.3 is 5.73 Å². The lowest BCUT2D eigenvalue weighted by atomic mass is 9.87. The maximum absolute atomic E-state index is 6.46. The SMILES string of the molecule is CC(C)(C)[C@@H](N)c1nc(-c2cnccn2)nn1Cc1ccccc1. The Bertz CT molecular complexity index is 789. The molecule has 0 radical (unpaired) electrons. The topological polar surface area (TPSA) is 82.5 Å².